The number of benzene rings is 1. The maximum Gasteiger partial charge on any atom is 0.187 e. The Morgan fingerprint density at radius 3 is 2.81 bits per heavy atom. The molecule has 0 radical (unpaired) electrons. The van der Waals surface area contributed by atoms with Gasteiger partial charge in [0.2, 0.25) is 0 Å². The van der Waals surface area contributed by atoms with Crippen molar-refractivity contribution in [3.63, 3.8) is 0 Å². The number of rotatable bonds is 3. The molecule has 0 spiro atoms. The van der Waals surface area contributed by atoms with Crippen LogP contribution in [-0.2, 0) is 0 Å². The molecule has 6 heteroatoms. The van der Waals surface area contributed by atoms with E-state index in [0.717, 1.165) is 10.9 Å². The molecule has 4 nitrogen and oxygen atoms in total. The van der Waals surface area contributed by atoms with Crippen molar-refractivity contribution in [2.45, 2.75) is 11.3 Å². The van der Waals surface area contributed by atoms with Crippen LogP contribution in [0, 0.1) is 0 Å². The van der Waals surface area contributed by atoms with Crippen molar-refractivity contribution < 1.29 is 5.11 Å². The molecule has 1 aromatic carbocycles. The summed E-state index contributed by atoms with van der Waals surface area (Å²) in [5.74, 6) is 0. The Morgan fingerprint density at radius 1 is 1.19 bits per heavy atom. The summed E-state index contributed by atoms with van der Waals surface area (Å²) in [6.07, 6.45) is 2.58. The zero-order valence-corrected chi connectivity index (χ0v) is 12.8. The molecule has 2 heterocycles. The van der Waals surface area contributed by atoms with E-state index < -0.39 is 6.10 Å². The number of hydrogen-bond donors (Lipinski definition) is 1. The Hall–Kier alpha value is -1.69. The largest absolute Gasteiger partial charge is 0.382 e. The first-order valence-electron chi connectivity index (χ1n) is 6.29. The Kier molecular flexibility index (Phi) is 4.05. The number of para-hydroxylation sites is 1. The van der Waals surface area contributed by atoms with Crippen LogP contribution in [0.4, 0.5) is 0 Å². The van der Waals surface area contributed by atoms with Gasteiger partial charge in [-0.3, -0.25) is 0 Å². The van der Waals surface area contributed by atoms with Gasteiger partial charge < -0.3 is 5.11 Å². The Morgan fingerprint density at radius 2 is 2.00 bits per heavy atom. The van der Waals surface area contributed by atoms with Crippen LogP contribution >= 0.6 is 23.4 Å². The van der Waals surface area contributed by atoms with E-state index in [-0.39, 0.29) is 5.15 Å². The molecule has 0 aliphatic rings. The number of halogens is 1. The third kappa shape index (κ3) is 2.85. The van der Waals surface area contributed by atoms with Gasteiger partial charge in [0.15, 0.2) is 5.16 Å². The lowest BCUT2D eigenvalue weighted by atomic mass is 10.1. The quantitative estimate of drug-likeness (QED) is 0.455. The summed E-state index contributed by atoms with van der Waals surface area (Å²) in [6, 6.07) is 11.2. The van der Waals surface area contributed by atoms with Crippen LogP contribution in [-0.4, -0.2) is 26.3 Å². The lowest BCUT2D eigenvalue weighted by Gasteiger charge is -2.13. The highest BCUT2D eigenvalue weighted by Gasteiger charge is 2.17. The van der Waals surface area contributed by atoms with E-state index in [0.29, 0.717) is 16.4 Å². The number of aliphatic hydroxyl groups excluding tert-OH is 1. The first kappa shape index (κ1) is 14.3. The summed E-state index contributed by atoms with van der Waals surface area (Å²) >= 11 is 7.62. The van der Waals surface area contributed by atoms with Gasteiger partial charge >= 0.3 is 0 Å². The van der Waals surface area contributed by atoms with E-state index in [1.54, 1.807) is 12.3 Å². The number of aromatic nitrogens is 3. The Labute approximate surface area is 131 Å². The van der Waals surface area contributed by atoms with Crippen molar-refractivity contribution in [2.24, 2.45) is 0 Å². The summed E-state index contributed by atoms with van der Waals surface area (Å²) in [4.78, 5) is 12.7. The molecule has 1 atom stereocenters. The van der Waals surface area contributed by atoms with Crippen molar-refractivity contribution in [2.75, 3.05) is 6.26 Å². The summed E-state index contributed by atoms with van der Waals surface area (Å²) in [5.41, 5.74) is 1.85. The van der Waals surface area contributed by atoms with Crippen molar-refractivity contribution in [1.82, 2.24) is 15.0 Å². The zero-order valence-electron chi connectivity index (χ0n) is 11.2. The summed E-state index contributed by atoms with van der Waals surface area (Å²) in [5, 5.41) is 12.3. The van der Waals surface area contributed by atoms with Gasteiger partial charge in [-0.25, -0.2) is 15.0 Å². The molecular weight excluding hydrogens is 306 g/mol. The molecule has 1 unspecified atom stereocenters. The number of hydrogen-bond acceptors (Lipinski definition) is 5. The molecule has 0 fully saturated rings. The fourth-order valence-electron chi connectivity index (χ4n) is 2.06. The molecule has 2 aromatic heterocycles. The molecule has 1 N–H and O–H groups in total. The van der Waals surface area contributed by atoms with Gasteiger partial charge in [0.25, 0.3) is 0 Å². The van der Waals surface area contributed by atoms with E-state index >= 15 is 0 Å². The minimum atomic E-state index is -0.927. The third-order valence-corrected chi connectivity index (χ3v) is 3.98. The standard InChI is InChI=1S/C15H12ClN3OS/c1-21-15-17-7-6-12(19-15)13(20)10-8-9-4-2-3-5-11(9)18-14(10)16/h2-8,13,20H,1H3. The second-order valence-electron chi connectivity index (χ2n) is 4.43. The fourth-order valence-corrected chi connectivity index (χ4v) is 2.68. The maximum atomic E-state index is 10.5. The average Bonchev–Trinajstić information content (AvgIpc) is 2.53. The van der Waals surface area contributed by atoms with Gasteiger partial charge in [-0.1, -0.05) is 41.6 Å². The predicted molar refractivity (Wildman–Crippen MR) is 84.6 cm³/mol. The van der Waals surface area contributed by atoms with Crippen molar-refractivity contribution in [3.8, 4) is 0 Å². The molecule has 0 aliphatic heterocycles. The topological polar surface area (TPSA) is 58.9 Å². The van der Waals surface area contributed by atoms with Crippen molar-refractivity contribution >= 4 is 34.3 Å². The van der Waals surface area contributed by atoms with Crippen LogP contribution in [0.3, 0.4) is 0 Å². The fraction of sp³-hybridized carbons (Fsp3) is 0.133. The molecule has 0 amide bonds. The molecule has 0 aliphatic carbocycles. The average molecular weight is 318 g/mol. The normalized spacial score (nSPS) is 12.5. The van der Waals surface area contributed by atoms with E-state index in [2.05, 4.69) is 15.0 Å². The molecule has 3 rings (SSSR count). The van der Waals surface area contributed by atoms with Crippen LogP contribution < -0.4 is 0 Å². The van der Waals surface area contributed by atoms with Crippen LogP contribution in [0.2, 0.25) is 5.15 Å². The molecule has 0 bridgehead atoms. The molecule has 0 saturated heterocycles. The smallest absolute Gasteiger partial charge is 0.187 e. The Balaban J connectivity index is 2.08. The van der Waals surface area contributed by atoms with E-state index in [4.69, 9.17) is 11.6 Å². The van der Waals surface area contributed by atoms with Crippen LogP contribution in [0.15, 0.2) is 47.8 Å². The number of nitrogens with zero attached hydrogens (tertiary/aromatic N) is 3. The number of aliphatic hydroxyl groups is 1. The lowest BCUT2D eigenvalue weighted by Crippen LogP contribution is -2.05. The summed E-state index contributed by atoms with van der Waals surface area (Å²) in [7, 11) is 0. The highest BCUT2D eigenvalue weighted by molar-refractivity contribution is 7.98. The van der Waals surface area contributed by atoms with Gasteiger partial charge in [0.05, 0.1) is 11.2 Å². The van der Waals surface area contributed by atoms with Crippen LogP contribution in [0.5, 0.6) is 0 Å². The predicted octanol–water partition coefficient (Wildman–Crippen LogP) is 3.48. The zero-order chi connectivity index (χ0) is 14.8. The van der Waals surface area contributed by atoms with E-state index in [9.17, 15) is 5.11 Å². The lowest BCUT2D eigenvalue weighted by molar-refractivity contribution is 0.214. The second kappa shape index (κ2) is 5.97. The number of pyridine rings is 1. The van der Waals surface area contributed by atoms with E-state index in [1.807, 2.05) is 36.6 Å². The van der Waals surface area contributed by atoms with Gasteiger partial charge in [-0.15, -0.1) is 0 Å². The van der Waals surface area contributed by atoms with Gasteiger partial charge in [0, 0.05) is 17.1 Å². The molecule has 3 aromatic rings. The minimum Gasteiger partial charge on any atom is -0.382 e. The van der Waals surface area contributed by atoms with Crippen LogP contribution in [0.25, 0.3) is 10.9 Å². The van der Waals surface area contributed by atoms with Gasteiger partial charge in [0.1, 0.15) is 11.3 Å². The highest BCUT2D eigenvalue weighted by atomic mass is 35.5. The second-order valence-corrected chi connectivity index (χ2v) is 5.56. The van der Waals surface area contributed by atoms with Gasteiger partial charge in [-0.05, 0) is 24.5 Å². The monoisotopic (exact) mass is 317 g/mol. The highest BCUT2D eigenvalue weighted by Crippen LogP contribution is 2.29. The number of thioether (sulfide) groups is 1. The minimum absolute atomic E-state index is 0.283. The molecule has 106 valence electrons. The van der Waals surface area contributed by atoms with Crippen molar-refractivity contribution in [1.29, 1.82) is 0 Å². The Bertz CT molecular complexity index is 797. The van der Waals surface area contributed by atoms with Gasteiger partial charge in [-0.2, -0.15) is 0 Å². The summed E-state index contributed by atoms with van der Waals surface area (Å²) in [6.45, 7) is 0. The maximum absolute atomic E-state index is 10.5. The van der Waals surface area contributed by atoms with Crippen LogP contribution in [0.1, 0.15) is 17.4 Å². The summed E-state index contributed by atoms with van der Waals surface area (Å²) < 4.78 is 0. The first-order valence-corrected chi connectivity index (χ1v) is 7.89. The first-order chi connectivity index (χ1) is 10.2. The third-order valence-electron chi connectivity index (χ3n) is 3.12. The molecule has 21 heavy (non-hydrogen) atoms. The molecule has 0 saturated carbocycles. The number of fused-ring (bicyclic) bond motifs is 1. The van der Waals surface area contributed by atoms with E-state index in [1.165, 1.54) is 11.8 Å². The van der Waals surface area contributed by atoms with Crippen molar-refractivity contribution in [3.05, 3.63) is 59.0 Å². The molecular formula is C15H12ClN3OS. The SMILES string of the molecule is CSc1nccc(C(O)c2cc3ccccc3nc2Cl)n1.